The van der Waals surface area contributed by atoms with E-state index in [1.165, 1.54) is 18.2 Å². The first kappa shape index (κ1) is 17.0. The highest BCUT2D eigenvalue weighted by Crippen LogP contribution is 2.32. The van der Waals surface area contributed by atoms with Gasteiger partial charge in [-0.2, -0.15) is 13.2 Å². The molecule has 130 valence electrons. The van der Waals surface area contributed by atoms with Crippen molar-refractivity contribution in [2.75, 3.05) is 10.6 Å². The van der Waals surface area contributed by atoms with Crippen molar-refractivity contribution in [3.63, 3.8) is 0 Å². The summed E-state index contributed by atoms with van der Waals surface area (Å²) < 4.78 is 39.0. The van der Waals surface area contributed by atoms with E-state index in [0.29, 0.717) is 11.4 Å². The van der Waals surface area contributed by atoms with E-state index in [-0.39, 0.29) is 11.8 Å². The number of rotatable bonds is 4. The molecular formula is C18H15F3N2O2. The SMILES string of the molecule is O=C(Nc1cccc(NC(=O)C2CC2)c1)c1ccccc1C(F)(F)F. The van der Waals surface area contributed by atoms with E-state index >= 15 is 0 Å². The first-order valence-corrected chi connectivity index (χ1v) is 7.73. The lowest BCUT2D eigenvalue weighted by Crippen LogP contribution is -2.19. The van der Waals surface area contributed by atoms with E-state index in [9.17, 15) is 22.8 Å². The molecule has 0 spiro atoms. The second kappa shape index (κ2) is 6.58. The minimum absolute atomic E-state index is 0.0249. The van der Waals surface area contributed by atoms with Gasteiger partial charge in [-0.3, -0.25) is 9.59 Å². The summed E-state index contributed by atoms with van der Waals surface area (Å²) >= 11 is 0. The Labute approximate surface area is 142 Å². The Balaban J connectivity index is 1.76. The van der Waals surface area contributed by atoms with Gasteiger partial charge >= 0.3 is 6.18 Å². The van der Waals surface area contributed by atoms with Gasteiger partial charge in [0.05, 0.1) is 11.1 Å². The second-order valence-electron chi connectivity index (χ2n) is 5.84. The Morgan fingerprint density at radius 1 is 0.920 bits per heavy atom. The molecule has 2 amide bonds. The van der Waals surface area contributed by atoms with Crippen LogP contribution in [0.5, 0.6) is 0 Å². The van der Waals surface area contributed by atoms with Crippen LogP contribution < -0.4 is 10.6 Å². The van der Waals surface area contributed by atoms with Crippen LogP contribution in [0.1, 0.15) is 28.8 Å². The fourth-order valence-corrected chi connectivity index (χ4v) is 2.39. The first-order valence-electron chi connectivity index (χ1n) is 7.73. The molecule has 1 aliphatic rings. The van der Waals surface area contributed by atoms with Crippen molar-refractivity contribution in [3.8, 4) is 0 Å². The molecule has 0 bridgehead atoms. The van der Waals surface area contributed by atoms with Crippen molar-refractivity contribution in [1.29, 1.82) is 0 Å². The summed E-state index contributed by atoms with van der Waals surface area (Å²) in [5.74, 6) is -0.929. The molecule has 2 N–H and O–H groups in total. The molecular weight excluding hydrogens is 333 g/mol. The standard InChI is InChI=1S/C18H15F3N2O2/c19-18(20,21)15-7-2-1-6-14(15)17(25)23-13-5-3-4-12(10-13)22-16(24)11-8-9-11/h1-7,10-11H,8-9H2,(H,22,24)(H,23,25). The van der Waals surface area contributed by atoms with Crippen LogP contribution in [0.3, 0.4) is 0 Å². The third-order valence-corrected chi connectivity index (χ3v) is 3.81. The van der Waals surface area contributed by atoms with E-state index in [1.807, 2.05) is 0 Å². The summed E-state index contributed by atoms with van der Waals surface area (Å²) in [6, 6.07) is 10.9. The number of anilines is 2. The third kappa shape index (κ3) is 4.17. The van der Waals surface area contributed by atoms with Gasteiger partial charge in [0.2, 0.25) is 5.91 Å². The molecule has 0 radical (unpaired) electrons. The summed E-state index contributed by atoms with van der Waals surface area (Å²) in [4.78, 5) is 24.0. The number of hydrogen-bond acceptors (Lipinski definition) is 2. The number of amides is 2. The van der Waals surface area contributed by atoms with Crippen LogP contribution in [0, 0.1) is 5.92 Å². The fraction of sp³-hybridized carbons (Fsp3) is 0.222. The quantitative estimate of drug-likeness (QED) is 0.865. The average Bonchev–Trinajstić information content (AvgIpc) is 3.39. The Morgan fingerprint density at radius 2 is 1.56 bits per heavy atom. The molecule has 1 aliphatic carbocycles. The van der Waals surface area contributed by atoms with Crippen LogP contribution in [0.2, 0.25) is 0 Å². The van der Waals surface area contributed by atoms with E-state index in [0.717, 1.165) is 25.0 Å². The Hall–Kier alpha value is -2.83. The number of alkyl halides is 3. The molecule has 3 rings (SSSR count). The maximum absolute atomic E-state index is 13.0. The molecule has 0 aromatic heterocycles. The van der Waals surface area contributed by atoms with Crippen LogP contribution in [-0.4, -0.2) is 11.8 Å². The van der Waals surface area contributed by atoms with Gasteiger partial charge in [0, 0.05) is 17.3 Å². The molecule has 2 aromatic rings. The molecule has 4 nitrogen and oxygen atoms in total. The molecule has 0 unspecified atom stereocenters. The summed E-state index contributed by atoms with van der Waals surface area (Å²) in [6.45, 7) is 0. The van der Waals surface area contributed by atoms with Gasteiger partial charge in [-0.15, -0.1) is 0 Å². The van der Waals surface area contributed by atoms with E-state index in [2.05, 4.69) is 10.6 Å². The zero-order valence-electron chi connectivity index (χ0n) is 13.1. The number of hydrogen-bond donors (Lipinski definition) is 2. The Bertz CT molecular complexity index is 814. The van der Waals surface area contributed by atoms with Gasteiger partial charge in [0.15, 0.2) is 0 Å². The molecule has 25 heavy (non-hydrogen) atoms. The number of benzene rings is 2. The predicted octanol–water partition coefficient (Wildman–Crippen LogP) is 4.31. The van der Waals surface area contributed by atoms with Crippen LogP contribution >= 0.6 is 0 Å². The highest BCUT2D eigenvalue weighted by molar-refractivity contribution is 6.06. The maximum atomic E-state index is 13.0. The van der Waals surface area contributed by atoms with Gasteiger partial charge < -0.3 is 10.6 Å². The van der Waals surface area contributed by atoms with Crippen molar-refractivity contribution < 1.29 is 22.8 Å². The maximum Gasteiger partial charge on any atom is 0.417 e. The smallest absolute Gasteiger partial charge is 0.326 e. The summed E-state index contributed by atoms with van der Waals surface area (Å²) in [5, 5.41) is 5.16. The summed E-state index contributed by atoms with van der Waals surface area (Å²) in [6.07, 6.45) is -2.90. The van der Waals surface area contributed by atoms with Gasteiger partial charge in [0.25, 0.3) is 5.91 Å². The van der Waals surface area contributed by atoms with Gasteiger partial charge in [-0.1, -0.05) is 18.2 Å². The summed E-state index contributed by atoms with van der Waals surface area (Å²) in [5.41, 5.74) is -0.664. The lowest BCUT2D eigenvalue weighted by molar-refractivity contribution is -0.137. The van der Waals surface area contributed by atoms with E-state index in [1.54, 1.807) is 18.2 Å². The normalized spacial score (nSPS) is 14.0. The van der Waals surface area contributed by atoms with Gasteiger partial charge in [-0.05, 0) is 43.2 Å². The molecule has 7 heteroatoms. The molecule has 2 aromatic carbocycles. The van der Waals surface area contributed by atoms with Crippen molar-refractivity contribution >= 4 is 23.2 Å². The van der Waals surface area contributed by atoms with Crippen LogP contribution in [0.4, 0.5) is 24.5 Å². The van der Waals surface area contributed by atoms with E-state index in [4.69, 9.17) is 0 Å². The number of carbonyl (C=O) groups is 2. The monoisotopic (exact) mass is 348 g/mol. The molecule has 0 heterocycles. The molecule has 0 aliphatic heterocycles. The van der Waals surface area contributed by atoms with Crippen molar-refractivity contribution in [2.24, 2.45) is 5.92 Å². The lowest BCUT2D eigenvalue weighted by atomic mass is 10.1. The highest BCUT2D eigenvalue weighted by atomic mass is 19.4. The van der Waals surface area contributed by atoms with Crippen LogP contribution in [-0.2, 0) is 11.0 Å². The molecule has 0 saturated heterocycles. The van der Waals surface area contributed by atoms with Crippen molar-refractivity contribution in [3.05, 3.63) is 59.7 Å². The lowest BCUT2D eigenvalue weighted by Gasteiger charge is -2.13. The molecule has 1 fully saturated rings. The fourth-order valence-electron chi connectivity index (χ4n) is 2.39. The zero-order chi connectivity index (χ0) is 18.0. The number of nitrogens with one attached hydrogen (secondary N) is 2. The number of carbonyl (C=O) groups excluding carboxylic acids is 2. The van der Waals surface area contributed by atoms with Crippen molar-refractivity contribution in [2.45, 2.75) is 19.0 Å². The van der Waals surface area contributed by atoms with E-state index < -0.39 is 23.2 Å². The Morgan fingerprint density at radius 3 is 2.20 bits per heavy atom. The van der Waals surface area contributed by atoms with Crippen LogP contribution in [0.15, 0.2) is 48.5 Å². The second-order valence-corrected chi connectivity index (χ2v) is 5.84. The predicted molar refractivity (Wildman–Crippen MR) is 87.2 cm³/mol. The highest BCUT2D eigenvalue weighted by Gasteiger charge is 2.35. The molecule has 1 saturated carbocycles. The Kier molecular flexibility index (Phi) is 4.48. The third-order valence-electron chi connectivity index (χ3n) is 3.81. The topological polar surface area (TPSA) is 58.2 Å². The average molecular weight is 348 g/mol. The molecule has 0 atom stereocenters. The number of halogens is 3. The first-order chi connectivity index (χ1) is 11.8. The summed E-state index contributed by atoms with van der Waals surface area (Å²) in [7, 11) is 0. The van der Waals surface area contributed by atoms with Gasteiger partial charge in [0.1, 0.15) is 0 Å². The van der Waals surface area contributed by atoms with Crippen molar-refractivity contribution in [1.82, 2.24) is 0 Å². The van der Waals surface area contributed by atoms with Gasteiger partial charge in [-0.25, -0.2) is 0 Å². The largest absolute Gasteiger partial charge is 0.417 e. The zero-order valence-corrected chi connectivity index (χ0v) is 13.1. The van der Waals surface area contributed by atoms with Crippen LogP contribution in [0.25, 0.3) is 0 Å². The minimum atomic E-state index is -4.62. The minimum Gasteiger partial charge on any atom is -0.326 e.